The zero-order valence-electron chi connectivity index (χ0n) is 12.6. The van der Waals surface area contributed by atoms with Crippen molar-refractivity contribution in [3.63, 3.8) is 0 Å². The van der Waals surface area contributed by atoms with Gasteiger partial charge >= 0.3 is 6.09 Å². The molecule has 0 aromatic carbocycles. The maximum absolute atomic E-state index is 11.6. The fourth-order valence-corrected chi connectivity index (χ4v) is 3.16. The Labute approximate surface area is 134 Å². The van der Waals surface area contributed by atoms with E-state index in [2.05, 4.69) is 33.9 Å². The Morgan fingerprint density at radius 3 is 2.55 bits per heavy atom. The molecule has 1 aliphatic rings. The molecular weight excluding hydrogens is 389 g/mol. The monoisotopic (exact) mass is 411 g/mol. The quantitative estimate of drug-likeness (QED) is 0.572. The van der Waals surface area contributed by atoms with Crippen LogP contribution in [-0.2, 0) is 9.22 Å². The van der Waals surface area contributed by atoms with Gasteiger partial charge in [0.1, 0.15) is 0 Å². The van der Waals surface area contributed by atoms with E-state index in [0.29, 0.717) is 10.2 Å². The Kier molecular flexibility index (Phi) is 5.42. The van der Waals surface area contributed by atoms with E-state index in [4.69, 9.17) is 4.43 Å². The zero-order valence-corrected chi connectivity index (χ0v) is 15.7. The Morgan fingerprint density at radius 1 is 1.55 bits per heavy atom. The number of amides is 1. The lowest BCUT2D eigenvalue weighted by molar-refractivity contribution is -0.116. The molecule has 1 unspecified atom stereocenters. The molecule has 114 valence electrons. The van der Waals surface area contributed by atoms with Crippen molar-refractivity contribution in [2.75, 3.05) is 13.2 Å². The fourth-order valence-electron chi connectivity index (χ4n) is 1.56. The molecule has 0 aromatic rings. The Balaban J connectivity index is 2.84. The molecule has 7 heteroatoms. The molecule has 0 spiro atoms. The van der Waals surface area contributed by atoms with Crippen LogP contribution in [0.25, 0.3) is 0 Å². The van der Waals surface area contributed by atoms with Crippen LogP contribution in [0.5, 0.6) is 0 Å². The molecule has 0 fully saturated rings. The zero-order chi connectivity index (χ0) is 15.7. The number of carboxylic acid groups (broad SMARTS) is 1. The average Bonchev–Trinajstić information content (AvgIpc) is 2.28. The molecule has 0 saturated carbocycles. The number of halogens is 1. The second kappa shape index (κ2) is 6.14. The highest BCUT2D eigenvalue weighted by molar-refractivity contribution is 14.1. The van der Waals surface area contributed by atoms with Crippen LogP contribution in [0.1, 0.15) is 20.8 Å². The van der Waals surface area contributed by atoms with E-state index in [0.717, 1.165) is 4.90 Å². The maximum atomic E-state index is 11.6. The molecule has 20 heavy (non-hydrogen) atoms. The predicted molar refractivity (Wildman–Crippen MR) is 88.8 cm³/mol. The SMILES string of the molecule is CC(C)(C)[Si](C)(C)OCC1C=C(I)C(=O)CN1C(=O)O. The van der Waals surface area contributed by atoms with Crippen molar-refractivity contribution in [1.82, 2.24) is 4.90 Å². The van der Waals surface area contributed by atoms with Gasteiger partial charge < -0.3 is 9.53 Å². The second-order valence-electron chi connectivity index (χ2n) is 6.49. The number of hydrogen-bond acceptors (Lipinski definition) is 3. The molecule has 0 radical (unpaired) electrons. The summed E-state index contributed by atoms with van der Waals surface area (Å²) in [5.41, 5.74) is 0. The van der Waals surface area contributed by atoms with Crippen LogP contribution >= 0.6 is 22.6 Å². The van der Waals surface area contributed by atoms with Crippen molar-refractivity contribution < 1.29 is 19.1 Å². The lowest BCUT2D eigenvalue weighted by Crippen LogP contribution is -2.50. The molecular formula is C13H22INO4Si. The summed E-state index contributed by atoms with van der Waals surface area (Å²) in [6, 6.07) is -0.383. The molecule has 0 bridgehead atoms. The predicted octanol–water partition coefficient (Wildman–Crippen LogP) is 3.26. The first kappa shape index (κ1) is 17.6. The third kappa shape index (κ3) is 4.04. The highest BCUT2D eigenvalue weighted by atomic mass is 127. The van der Waals surface area contributed by atoms with Crippen molar-refractivity contribution in [2.45, 2.75) is 44.9 Å². The van der Waals surface area contributed by atoms with Crippen LogP contribution < -0.4 is 0 Å². The molecule has 1 aliphatic heterocycles. The number of nitrogens with zero attached hydrogens (tertiary/aromatic N) is 1. The van der Waals surface area contributed by atoms with Crippen LogP contribution in [0.2, 0.25) is 18.1 Å². The number of carbonyl (C=O) groups is 2. The van der Waals surface area contributed by atoms with Crippen LogP contribution in [0.15, 0.2) is 9.66 Å². The normalized spacial score (nSPS) is 20.9. The first-order valence-corrected chi connectivity index (χ1v) is 10.5. The van der Waals surface area contributed by atoms with Gasteiger partial charge in [-0.15, -0.1) is 0 Å². The Morgan fingerprint density at radius 2 is 2.10 bits per heavy atom. The third-order valence-electron chi connectivity index (χ3n) is 3.99. The molecule has 1 heterocycles. The topological polar surface area (TPSA) is 66.8 Å². The number of Topliss-reactive ketones (excluding diaryl/α,β-unsaturated/α-hetero) is 1. The van der Waals surface area contributed by atoms with Crippen molar-refractivity contribution in [1.29, 1.82) is 0 Å². The van der Waals surface area contributed by atoms with Gasteiger partial charge in [0.15, 0.2) is 14.1 Å². The van der Waals surface area contributed by atoms with Gasteiger partial charge in [0.2, 0.25) is 0 Å². The van der Waals surface area contributed by atoms with Crippen LogP contribution in [0.4, 0.5) is 4.79 Å². The first-order valence-electron chi connectivity index (χ1n) is 6.50. The first-order chi connectivity index (χ1) is 8.95. The van der Waals surface area contributed by atoms with Gasteiger partial charge in [0.25, 0.3) is 0 Å². The molecule has 1 atom stereocenters. The standard InChI is InChI=1S/C13H22INO4Si/c1-13(2,3)20(4,5)19-8-9-6-10(14)11(16)7-15(9)12(17)18/h6,9H,7-8H2,1-5H3,(H,17,18). The van der Waals surface area contributed by atoms with Crippen molar-refractivity contribution >= 4 is 42.8 Å². The van der Waals surface area contributed by atoms with E-state index in [1.165, 1.54) is 0 Å². The third-order valence-corrected chi connectivity index (χ3v) is 9.45. The van der Waals surface area contributed by atoms with Gasteiger partial charge in [0.05, 0.1) is 22.8 Å². The molecule has 0 aliphatic carbocycles. The molecule has 0 aromatic heterocycles. The molecule has 1 rings (SSSR count). The van der Waals surface area contributed by atoms with Gasteiger partial charge in [-0.2, -0.15) is 0 Å². The van der Waals surface area contributed by atoms with Crippen LogP contribution in [0, 0.1) is 0 Å². The van der Waals surface area contributed by atoms with Crippen molar-refractivity contribution in [2.24, 2.45) is 0 Å². The summed E-state index contributed by atoms with van der Waals surface area (Å²) in [6.45, 7) is 10.9. The van der Waals surface area contributed by atoms with E-state index in [9.17, 15) is 14.7 Å². The van der Waals surface area contributed by atoms with Gasteiger partial charge in [-0.3, -0.25) is 9.69 Å². The van der Waals surface area contributed by atoms with E-state index >= 15 is 0 Å². The number of hydrogen-bond donors (Lipinski definition) is 1. The van der Waals surface area contributed by atoms with E-state index < -0.39 is 14.4 Å². The highest BCUT2D eigenvalue weighted by Crippen LogP contribution is 2.37. The summed E-state index contributed by atoms with van der Waals surface area (Å²) in [6.07, 6.45) is 0.607. The van der Waals surface area contributed by atoms with Crippen LogP contribution in [-0.4, -0.2) is 49.4 Å². The minimum Gasteiger partial charge on any atom is -0.465 e. The molecule has 1 N–H and O–H groups in total. The Hall–Kier alpha value is -0.413. The lowest BCUT2D eigenvalue weighted by Gasteiger charge is -2.39. The summed E-state index contributed by atoms with van der Waals surface area (Å²) in [7, 11) is -1.93. The number of ketones is 1. The number of rotatable bonds is 3. The van der Waals surface area contributed by atoms with Gasteiger partial charge in [0, 0.05) is 0 Å². The minimum atomic E-state index is -1.93. The summed E-state index contributed by atoms with van der Waals surface area (Å²) in [5.74, 6) is -0.156. The summed E-state index contributed by atoms with van der Waals surface area (Å²) >= 11 is 1.96. The molecule has 5 nitrogen and oxygen atoms in total. The summed E-state index contributed by atoms with van der Waals surface area (Å²) in [5, 5.41) is 9.27. The second-order valence-corrected chi connectivity index (χ2v) is 12.5. The smallest absolute Gasteiger partial charge is 0.408 e. The highest BCUT2D eigenvalue weighted by Gasteiger charge is 2.39. The van der Waals surface area contributed by atoms with Gasteiger partial charge in [-0.05, 0) is 46.8 Å². The number of carbonyl (C=O) groups excluding carboxylic acids is 1. The Bertz CT molecular complexity index is 442. The lowest BCUT2D eigenvalue weighted by atomic mass is 10.1. The summed E-state index contributed by atoms with van der Waals surface area (Å²) < 4.78 is 6.66. The van der Waals surface area contributed by atoms with E-state index in [1.54, 1.807) is 6.08 Å². The largest absolute Gasteiger partial charge is 0.465 e. The summed E-state index contributed by atoms with van der Waals surface area (Å²) in [4.78, 5) is 24.0. The van der Waals surface area contributed by atoms with E-state index in [1.807, 2.05) is 22.6 Å². The molecule has 1 amide bonds. The van der Waals surface area contributed by atoms with Crippen molar-refractivity contribution in [3.8, 4) is 0 Å². The van der Waals surface area contributed by atoms with Crippen LogP contribution in [0.3, 0.4) is 0 Å². The minimum absolute atomic E-state index is 0.0718. The van der Waals surface area contributed by atoms with Crippen molar-refractivity contribution in [3.05, 3.63) is 9.66 Å². The molecule has 0 saturated heterocycles. The van der Waals surface area contributed by atoms with E-state index in [-0.39, 0.29) is 23.4 Å². The van der Waals surface area contributed by atoms with Gasteiger partial charge in [-0.25, -0.2) is 4.79 Å². The average molecular weight is 411 g/mol. The maximum Gasteiger partial charge on any atom is 0.408 e. The van der Waals surface area contributed by atoms with Gasteiger partial charge in [-0.1, -0.05) is 20.8 Å². The fraction of sp³-hybridized carbons (Fsp3) is 0.692.